The van der Waals surface area contributed by atoms with Gasteiger partial charge < -0.3 is 9.64 Å². The minimum atomic E-state index is -0.515. The quantitative estimate of drug-likeness (QED) is 0.348. The van der Waals surface area contributed by atoms with Crippen molar-refractivity contribution in [3.63, 3.8) is 0 Å². The zero-order valence-electron chi connectivity index (χ0n) is 15.3. The third kappa shape index (κ3) is 2.68. The molecule has 2 aliphatic rings. The second-order valence-corrected chi connectivity index (χ2v) is 6.53. The first-order chi connectivity index (χ1) is 13.4. The summed E-state index contributed by atoms with van der Waals surface area (Å²) in [4.78, 5) is 51.9. The third-order valence-corrected chi connectivity index (χ3v) is 4.75. The normalized spacial score (nSPS) is 18.7. The Hall–Kier alpha value is -3.74. The Bertz CT molecular complexity index is 1070. The molecule has 140 valence electrons. The summed E-state index contributed by atoms with van der Waals surface area (Å²) in [6, 6.07) is 13.2. The van der Waals surface area contributed by atoms with Gasteiger partial charge in [-0.05, 0) is 30.3 Å². The van der Waals surface area contributed by atoms with Crippen LogP contribution in [-0.4, -0.2) is 30.7 Å². The molecule has 2 aromatic carbocycles. The molecular formula is C21H16N2O5. The standard InChI is InChI=1S/C21H16N2O5/c1-12(24)28-14-9-7-13(8-10-14)23-18(25)11-16(20(23)26)19-15-5-3-4-6-17(15)22(2)21(19)27/h3-10H,11H2,1-2H3. The number of benzene rings is 2. The van der Waals surface area contributed by atoms with Gasteiger partial charge in [-0.2, -0.15) is 0 Å². The molecule has 4 rings (SSSR count). The number of anilines is 2. The number of carbonyl (C=O) groups is 4. The summed E-state index contributed by atoms with van der Waals surface area (Å²) >= 11 is 0. The second-order valence-electron chi connectivity index (χ2n) is 6.53. The number of para-hydroxylation sites is 1. The van der Waals surface area contributed by atoms with E-state index in [1.165, 1.54) is 36.1 Å². The van der Waals surface area contributed by atoms with E-state index in [0.717, 1.165) is 4.90 Å². The van der Waals surface area contributed by atoms with Crippen LogP contribution in [0.4, 0.5) is 11.4 Å². The molecule has 7 heteroatoms. The highest BCUT2D eigenvalue weighted by Crippen LogP contribution is 2.40. The zero-order chi connectivity index (χ0) is 20.0. The van der Waals surface area contributed by atoms with Crippen molar-refractivity contribution in [2.45, 2.75) is 13.3 Å². The molecule has 0 spiro atoms. The maximum atomic E-state index is 13.0. The molecule has 0 saturated carbocycles. The van der Waals surface area contributed by atoms with E-state index in [2.05, 4.69) is 0 Å². The van der Waals surface area contributed by atoms with Gasteiger partial charge in [0.15, 0.2) is 0 Å². The van der Waals surface area contributed by atoms with Crippen LogP contribution < -0.4 is 14.5 Å². The number of amides is 3. The predicted octanol–water partition coefficient (Wildman–Crippen LogP) is 2.31. The average Bonchev–Trinajstić information content (AvgIpc) is 3.09. The Morgan fingerprint density at radius 3 is 2.32 bits per heavy atom. The minimum absolute atomic E-state index is 0.145. The molecule has 0 bridgehead atoms. The Balaban J connectivity index is 1.73. The van der Waals surface area contributed by atoms with E-state index in [-0.39, 0.29) is 23.5 Å². The molecule has 3 amide bonds. The molecule has 2 aliphatic heterocycles. The number of likely N-dealkylation sites (N-methyl/N-ethyl adjacent to an activating group) is 1. The molecule has 0 radical (unpaired) electrons. The van der Waals surface area contributed by atoms with Crippen LogP contribution in [0.2, 0.25) is 0 Å². The van der Waals surface area contributed by atoms with Crippen LogP contribution in [0.3, 0.4) is 0 Å². The number of ether oxygens (including phenoxy) is 1. The van der Waals surface area contributed by atoms with Gasteiger partial charge in [0.2, 0.25) is 5.91 Å². The zero-order valence-corrected chi connectivity index (χ0v) is 15.3. The van der Waals surface area contributed by atoms with Gasteiger partial charge in [0, 0.05) is 25.1 Å². The van der Waals surface area contributed by atoms with E-state index >= 15 is 0 Å². The molecule has 2 heterocycles. The summed E-state index contributed by atoms with van der Waals surface area (Å²) in [6.07, 6.45) is -0.145. The fourth-order valence-corrected chi connectivity index (χ4v) is 3.50. The first-order valence-corrected chi connectivity index (χ1v) is 8.65. The van der Waals surface area contributed by atoms with Crippen LogP contribution in [0.5, 0.6) is 5.75 Å². The van der Waals surface area contributed by atoms with E-state index in [0.29, 0.717) is 22.7 Å². The summed E-state index contributed by atoms with van der Waals surface area (Å²) in [7, 11) is 1.64. The first-order valence-electron chi connectivity index (χ1n) is 8.65. The molecule has 28 heavy (non-hydrogen) atoms. The Morgan fingerprint density at radius 1 is 0.964 bits per heavy atom. The molecule has 7 nitrogen and oxygen atoms in total. The molecule has 2 aromatic rings. The number of hydrogen-bond acceptors (Lipinski definition) is 5. The van der Waals surface area contributed by atoms with Crippen molar-refractivity contribution in [2.75, 3.05) is 16.8 Å². The molecule has 1 fully saturated rings. The van der Waals surface area contributed by atoms with Crippen LogP contribution in [-0.2, 0) is 19.2 Å². The van der Waals surface area contributed by atoms with Crippen molar-refractivity contribution in [3.8, 4) is 5.75 Å². The number of esters is 1. The van der Waals surface area contributed by atoms with Crippen molar-refractivity contribution in [1.29, 1.82) is 0 Å². The maximum absolute atomic E-state index is 13.0. The van der Waals surface area contributed by atoms with Gasteiger partial charge in [-0.25, -0.2) is 4.90 Å². The van der Waals surface area contributed by atoms with E-state index in [1.54, 1.807) is 25.2 Å². The Morgan fingerprint density at radius 2 is 1.64 bits per heavy atom. The van der Waals surface area contributed by atoms with Gasteiger partial charge in [0.25, 0.3) is 11.8 Å². The van der Waals surface area contributed by atoms with Crippen molar-refractivity contribution >= 4 is 40.6 Å². The molecule has 0 aliphatic carbocycles. The summed E-state index contributed by atoms with van der Waals surface area (Å²) in [6.45, 7) is 1.29. The van der Waals surface area contributed by atoms with E-state index in [9.17, 15) is 19.2 Å². The first kappa shape index (κ1) is 17.7. The van der Waals surface area contributed by atoms with Crippen LogP contribution in [0.1, 0.15) is 18.9 Å². The molecular weight excluding hydrogens is 360 g/mol. The second kappa shape index (κ2) is 6.45. The highest BCUT2D eigenvalue weighted by Gasteiger charge is 2.42. The minimum Gasteiger partial charge on any atom is -0.427 e. The van der Waals surface area contributed by atoms with Gasteiger partial charge in [-0.1, -0.05) is 18.2 Å². The molecule has 1 saturated heterocycles. The Kier molecular flexibility index (Phi) is 4.07. The van der Waals surface area contributed by atoms with Crippen LogP contribution in [0.15, 0.2) is 54.1 Å². The SMILES string of the molecule is CC(=O)Oc1ccc(N2C(=O)CC(=C3C(=O)N(C)c4ccccc43)C2=O)cc1. The predicted molar refractivity (Wildman–Crippen MR) is 102 cm³/mol. The topological polar surface area (TPSA) is 84.0 Å². The van der Waals surface area contributed by atoms with Crippen molar-refractivity contribution in [2.24, 2.45) is 0 Å². The monoisotopic (exact) mass is 376 g/mol. The summed E-state index contributed by atoms with van der Waals surface area (Å²) in [5, 5.41) is 0. The van der Waals surface area contributed by atoms with Crippen molar-refractivity contribution in [3.05, 3.63) is 59.7 Å². The number of hydrogen-bond donors (Lipinski definition) is 0. The Labute approximate surface area is 160 Å². The van der Waals surface area contributed by atoms with E-state index in [4.69, 9.17) is 4.74 Å². The highest BCUT2D eigenvalue weighted by molar-refractivity contribution is 6.41. The van der Waals surface area contributed by atoms with Gasteiger partial charge in [-0.15, -0.1) is 0 Å². The van der Waals surface area contributed by atoms with E-state index in [1.807, 2.05) is 6.07 Å². The lowest BCUT2D eigenvalue weighted by molar-refractivity contribution is -0.132. The summed E-state index contributed by atoms with van der Waals surface area (Å²) in [5.41, 5.74) is 2.18. The number of rotatable bonds is 2. The van der Waals surface area contributed by atoms with Gasteiger partial charge >= 0.3 is 5.97 Å². The molecule has 0 N–H and O–H groups in total. The average molecular weight is 376 g/mol. The van der Waals surface area contributed by atoms with Crippen LogP contribution in [0, 0.1) is 0 Å². The van der Waals surface area contributed by atoms with Crippen molar-refractivity contribution in [1.82, 2.24) is 0 Å². The fourth-order valence-electron chi connectivity index (χ4n) is 3.50. The largest absolute Gasteiger partial charge is 0.427 e. The molecule has 0 atom stereocenters. The molecule has 0 aromatic heterocycles. The summed E-state index contributed by atoms with van der Waals surface area (Å²) < 4.78 is 4.97. The number of imide groups is 1. The number of nitrogens with zero attached hydrogens (tertiary/aromatic N) is 2. The maximum Gasteiger partial charge on any atom is 0.308 e. The van der Waals surface area contributed by atoms with Gasteiger partial charge in [0.05, 0.1) is 23.4 Å². The lowest BCUT2D eigenvalue weighted by Crippen LogP contribution is -2.29. The van der Waals surface area contributed by atoms with Crippen LogP contribution >= 0.6 is 0 Å². The third-order valence-electron chi connectivity index (χ3n) is 4.75. The number of fused-ring (bicyclic) bond motifs is 1. The van der Waals surface area contributed by atoms with Crippen LogP contribution in [0.25, 0.3) is 5.57 Å². The number of carbonyl (C=O) groups excluding carboxylic acids is 4. The van der Waals surface area contributed by atoms with Crippen molar-refractivity contribution < 1.29 is 23.9 Å². The van der Waals surface area contributed by atoms with Gasteiger partial charge in [-0.3, -0.25) is 19.2 Å². The lowest BCUT2D eigenvalue weighted by atomic mass is 10.00. The van der Waals surface area contributed by atoms with E-state index < -0.39 is 17.8 Å². The lowest BCUT2D eigenvalue weighted by Gasteiger charge is -2.14. The summed E-state index contributed by atoms with van der Waals surface area (Å²) in [5.74, 6) is -1.37. The molecule has 0 unspecified atom stereocenters. The highest BCUT2D eigenvalue weighted by atomic mass is 16.5. The smallest absolute Gasteiger partial charge is 0.308 e. The van der Waals surface area contributed by atoms with Gasteiger partial charge in [0.1, 0.15) is 5.75 Å². The fraction of sp³-hybridized carbons (Fsp3) is 0.143.